The molecule has 0 spiro atoms. The van der Waals surface area contributed by atoms with Crippen molar-refractivity contribution in [1.29, 1.82) is 0 Å². The van der Waals surface area contributed by atoms with Crippen molar-refractivity contribution in [3.8, 4) is 0 Å². The highest BCUT2D eigenvalue weighted by molar-refractivity contribution is 9.29. The minimum Gasteiger partial charge on any atom is -0.264 e. The molecule has 0 amide bonds. The van der Waals surface area contributed by atoms with Gasteiger partial charge in [-0.15, -0.1) is 0 Å². The van der Waals surface area contributed by atoms with Gasteiger partial charge in [-0.25, -0.2) is 0 Å². The molecule has 0 bridgehead atoms. The molecule has 0 fully saturated rings. The summed E-state index contributed by atoms with van der Waals surface area (Å²) >= 11 is 0. The number of nitrogens with zero attached hydrogens (tertiary/aromatic N) is 2. The van der Waals surface area contributed by atoms with Gasteiger partial charge in [0, 0.05) is 26.2 Å². The number of hydrogen-bond acceptors (Lipinski definition) is 4. The fraction of sp³-hybridized carbons (Fsp3) is 0.970. The molecule has 0 aromatic carbocycles. The maximum absolute atomic E-state index is 3.14. The third-order valence-electron chi connectivity index (χ3n) is 17.3. The zero-order chi connectivity index (χ0) is 55.2. The van der Waals surface area contributed by atoms with E-state index in [2.05, 4.69) is 162 Å². The molecule has 8 heteroatoms. The molecule has 0 heterocycles. The van der Waals surface area contributed by atoms with Crippen LogP contribution in [-0.2, 0) is 0 Å². The van der Waals surface area contributed by atoms with Gasteiger partial charge in [-0.3, -0.25) is 9.80 Å². The highest BCUT2D eigenvalue weighted by Gasteiger charge is 2.29. The largest absolute Gasteiger partial charge is 0.264 e. The van der Waals surface area contributed by atoms with Crippen LogP contribution in [0.1, 0.15) is 316 Å². The standard InChI is InChI=1S/C66H136N2S6/c1-17-33-41-57(25-9)49-67(50-58(26-10)42-34-18-2)65(73(53-61(29-13)45-37-21-5)54-62(30-14)46-38-22-6)69-71-72-70-66(68(51-59(27-11)43-35-19-3)52-60(28-12)44-36-20-4)74(55-63(31-15)47-39-23-7)56-64(32-16)48-40-24-8/h57-64H,17-56H2,1-16H3. The summed E-state index contributed by atoms with van der Waals surface area (Å²) in [5.74, 6) is 12.1. The van der Waals surface area contributed by atoms with Crippen molar-refractivity contribution in [2.45, 2.75) is 316 Å². The van der Waals surface area contributed by atoms with Crippen LogP contribution in [-0.4, -0.2) is 67.6 Å². The normalized spacial score (nSPS) is 16.3. The predicted octanol–water partition coefficient (Wildman–Crippen LogP) is 24.7. The Balaban J connectivity index is 8.46. The summed E-state index contributed by atoms with van der Waals surface area (Å²) in [5.41, 5.74) is 0. The summed E-state index contributed by atoms with van der Waals surface area (Å²) in [5, 5.41) is 0. The first kappa shape index (κ1) is 75.8. The van der Waals surface area contributed by atoms with Crippen LogP contribution in [0.15, 0.2) is 0 Å². The Bertz CT molecular complexity index is 1120. The smallest absolute Gasteiger partial charge is 0.0875 e. The predicted molar refractivity (Wildman–Crippen MR) is 365 cm³/mol. The van der Waals surface area contributed by atoms with Crippen molar-refractivity contribution in [1.82, 2.24) is 9.80 Å². The first-order valence-electron chi connectivity index (χ1n) is 33.3. The van der Waals surface area contributed by atoms with Crippen molar-refractivity contribution in [2.75, 3.05) is 49.2 Å². The maximum atomic E-state index is 3.14. The monoisotopic (exact) mass is 1150 g/mol. The molecule has 0 rings (SSSR count). The highest BCUT2D eigenvalue weighted by Crippen LogP contribution is 2.50. The van der Waals surface area contributed by atoms with Crippen LogP contribution >= 0.6 is 62.2 Å². The minimum absolute atomic E-state index is 0.258. The van der Waals surface area contributed by atoms with E-state index in [-0.39, 0.29) is 21.0 Å². The molecule has 8 atom stereocenters. The molecule has 0 aromatic rings. The molecule has 0 aliphatic rings. The van der Waals surface area contributed by atoms with Gasteiger partial charge in [0.05, 0.1) is 8.64 Å². The van der Waals surface area contributed by atoms with Crippen molar-refractivity contribution in [3.05, 3.63) is 0 Å². The molecule has 0 aromatic heterocycles. The van der Waals surface area contributed by atoms with Gasteiger partial charge in [0.25, 0.3) is 0 Å². The second-order valence-corrected chi connectivity index (χ2v) is 33.9. The molecule has 0 saturated carbocycles. The third-order valence-corrected chi connectivity index (χ3v) is 30.5. The zero-order valence-corrected chi connectivity index (χ0v) is 58.1. The van der Waals surface area contributed by atoms with Crippen molar-refractivity contribution in [2.24, 2.45) is 47.3 Å². The lowest BCUT2D eigenvalue weighted by molar-refractivity contribution is 0.269. The Labute approximate surface area is 489 Å². The summed E-state index contributed by atoms with van der Waals surface area (Å²) in [6.07, 6.45) is 43.4. The van der Waals surface area contributed by atoms with Gasteiger partial charge in [-0.1, -0.05) is 265 Å². The molecular weight excluding hydrogens is 1010 g/mol. The van der Waals surface area contributed by atoms with Gasteiger partial charge >= 0.3 is 0 Å². The van der Waals surface area contributed by atoms with Crippen molar-refractivity contribution < 1.29 is 0 Å². The van der Waals surface area contributed by atoms with Gasteiger partial charge in [-0.05, 0) is 163 Å². The van der Waals surface area contributed by atoms with Gasteiger partial charge in [0.15, 0.2) is 0 Å². The molecule has 0 radical (unpaired) electrons. The Hall–Kier alpha value is 1.76. The lowest BCUT2D eigenvalue weighted by Crippen LogP contribution is -2.38. The number of rotatable bonds is 51. The molecule has 446 valence electrons. The second-order valence-electron chi connectivity index (χ2n) is 23.6. The van der Waals surface area contributed by atoms with E-state index in [9.17, 15) is 0 Å². The van der Waals surface area contributed by atoms with E-state index in [0.717, 1.165) is 47.3 Å². The Morgan fingerprint density at radius 2 is 0.446 bits per heavy atom. The van der Waals surface area contributed by atoms with Gasteiger partial charge in [0.1, 0.15) is 0 Å². The fourth-order valence-corrected chi connectivity index (χ4v) is 26.6. The van der Waals surface area contributed by atoms with Crippen LogP contribution in [0.2, 0.25) is 0 Å². The minimum atomic E-state index is 0.258. The Kier molecular flexibility index (Phi) is 54.1. The van der Waals surface area contributed by atoms with E-state index in [4.69, 9.17) is 0 Å². The second kappa shape index (κ2) is 52.8. The lowest BCUT2D eigenvalue weighted by atomic mass is 9.96. The summed E-state index contributed by atoms with van der Waals surface area (Å²) in [7, 11) is 9.59. The van der Waals surface area contributed by atoms with Crippen LogP contribution < -0.4 is 0 Å². The molecule has 0 N–H and O–H groups in total. The van der Waals surface area contributed by atoms with E-state index in [1.165, 1.54) is 255 Å². The van der Waals surface area contributed by atoms with Crippen LogP contribution in [0.4, 0.5) is 0 Å². The van der Waals surface area contributed by atoms with Crippen molar-refractivity contribution in [3.63, 3.8) is 0 Å². The molecule has 2 nitrogen and oxygen atoms in total. The lowest BCUT2D eigenvalue weighted by Gasteiger charge is -2.36. The molecule has 0 aliphatic carbocycles. The Morgan fingerprint density at radius 3 is 0.608 bits per heavy atom. The van der Waals surface area contributed by atoms with Gasteiger partial charge < -0.3 is 0 Å². The van der Waals surface area contributed by atoms with E-state index in [1.54, 1.807) is 0 Å². The third kappa shape index (κ3) is 35.6. The highest BCUT2D eigenvalue weighted by atomic mass is 33.7. The van der Waals surface area contributed by atoms with Gasteiger partial charge in [0.2, 0.25) is 0 Å². The van der Waals surface area contributed by atoms with Crippen molar-refractivity contribution >= 4 is 70.8 Å². The Morgan fingerprint density at radius 1 is 0.270 bits per heavy atom. The number of hydrogen-bond donors (Lipinski definition) is 0. The summed E-state index contributed by atoms with van der Waals surface area (Å²) in [6.45, 7) is 44.7. The first-order valence-corrected chi connectivity index (χ1v) is 41.2. The van der Waals surface area contributed by atoms with Crippen LogP contribution in [0, 0.1) is 47.3 Å². The van der Waals surface area contributed by atoms with E-state index < -0.39 is 0 Å². The fourth-order valence-electron chi connectivity index (χ4n) is 11.2. The summed E-state index contributed by atoms with van der Waals surface area (Å²) in [4.78, 5) is 6.27. The average molecular weight is 1150 g/mol. The number of unbranched alkanes of at least 4 members (excludes halogenated alkanes) is 8. The van der Waals surface area contributed by atoms with Crippen LogP contribution in [0.3, 0.4) is 0 Å². The SMILES string of the molecule is CCCCC(CC)CN(CC(CC)CCCC)C(SSSSC(N(CC(CC)CCCC)CC(CC)CCCC)=S(CC(CC)CCCC)CC(CC)CCCC)=S(CC(CC)CCCC)CC(CC)CCCC. The summed E-state index contributed by atoms with van der Waals surface area (Å²) in [6, 6.07) is 0. The molecular formula is C66H136N2S6. The van der Waals surface area contributed by atoms with Crippen LogP contribution in [0.5, 0.6) is 0 Å². The topological polar surface area (TPSA) is 6.48 Å². The van der Waals surface area contributed by atoms with E-state index in [0.29, 0.717) is 0 Å². The molecule has 0 aliphatic heterocycles. The molecule has 74 heavy (non-hydrogen) atoms. The first-order chi connectivity index (χ1) is 36.0. The van der Waals surface area contributed by atoms with Gasteiger partial charge in [-0.2, -0.15) is 21.0 Å². The zero-order valence-electron chi connectivity index (χ0n) is 53.2. The quantitative estimate of drug-likeness (QED) is 0.0338. The summed E-state index contributed by atoms with van der Waals surface area (Å²) < 4.78 is 3.67. The average Bonchev–Trinajstić information content (AvgIpc) is 3.42. The van der Waals surface area contributed by atoms with E-state index >= 15 is 0 Å². The molecule has 0 saturated heterocycles. The van der Waals surface area contributed by atoms with Crippen LogP contribution in [0.25, 0.3) is 0 Å². The van der Waals surface area contributed by atoms with E-state index in [1.807, 2.05) is 8.64 Å². The maximum Gasteiger partial charge on any atom is 0.0875 e. The molecule has 8 unspecified atom stereocenters.